The van der Waals surface area contributed by atoms with Gasteiger partial charge >= 0.3 is 0 Å². The van der Waals surface area contributed by atoms with Gasteiger partial charge in [0, 0.05) is 19.7 Å². The number of aryl methyl sites for hydroxylation is 1. The summed E-state index contributed by atoms with van der Waals surface area (Å²) in [6.07, 6.45) is 3.61. The van der Waals surface area contributed by atoms with Crippen LogP contribution < -0.4 is 0 Å². The summed E-state index contributed by atoms with van der Waals surface area (Å²) in [5, 5.41) is 3.86. The minimum Gasteiger partial charge on any atom is -0.360 e. The molecule has 1 aromatic heterocycles. The molecule has 27 heavy (non-hydrogen) atoms. The third kappa shape index (κ3) is 2.98. The lowest BCUT2D eigenvalue weighted by molar-refractivity contribution is -0.143. The van der Waals surface area contributed by atoms with Crippen molar-refractivity contribution in [2.45, 2.75) is 45.9 Å². The van der Waals surface area contributed by atoms with Crippen molar-refractivity contribution in [3.8, 4) is 0 Å². The van der Waals surface area contributed by atoms with Crippen molar-refractivity contribution < 1.29 is 18.8 Å². The van der Waals surface area contributed by atoms with E-state index in [1.54, 1.807) is 11.9 Å². The van der Waals surface area contributed by atoms with Crippen molar-refractivity contribution in [2.75, 3.05) is 20.1 Å². The van der Waals surface area contributed by atoms with E-state index in [-0.39, 0.29) is 23.3 Å². The number of fused-ring (bicyclic) bond motifs is 1. The Labute approximate surface area is 159 Å². The quantitative estimate of drug-likeness (QED) is 0.752. The first-order valence-electron chi connectivity index (χ1n) is 9.43. The lowest BCUT2D eigenvalue weighted by Gasteiger charge is -2.29. The van der Waals surface area contributed by atoms with Crippen molar-refractivity contribution in [3.05, 3.63) is 29.7 Å². The lowest BCUT2D eigenvalue weighted by Crippen LogP contribution is -2.44. The predicted molar refractivity (Wildman–Crippen MR) is 97.5 cm³/mol. The number of aromatic nitrogens is 1. The van der Waals surface area contributed by atoms with Gasteiger partial charge in [0.05, 0.1) is 36.7 Å². The molecule has 4 rings (SSSR count). The third-order valence-corrected chi connectivity index (χ3v) is 5.58. The number of ether oxygens (including phenoxy) is 1. The predicted octanol–water partition coefficient (Wildman–Crippen LogP) is 1.77. The normalized spacial score (nSPS) is 31.7. The van der Waals surface area contributed by atoms with Crippen molar-refractivity contribution >= 4 is 11.8 Å². The SMILES string of the molecule is Cc1cc(CN(C)C(=O)[C@H]2[C@@H]3C=C[C@@]4(CN(CC(C)(C)C)C(=O)[C@@H]24)O3)on1. The Morgan fingerprint density at radius 2 is 2.19 bits per heavy atom. The molecule has 7 nitrogen and oxygen atoms in total. The van der Waals surface area contributed by atoms with Crippen LogP contribution >= 0.6 is 0 Å². The number of hydrogen-bond donors (Lipinski definition) is 0. The van der Waals surface area contributed by atoms with Crippen LogP contribution in [0.25, 0.3) is 0 Å². The fourth-order valence-electron chi connectivity index (χ4n) is 4.62. The van der Waals surface area contributed by atoms with Crippen LogP contribution in [0.5, 0.6) is 0 Å². The van der Waals surface area contributed by atoms with Crippen molar-refractivity contribution in [3.63, 3.8) is 0 Å². The average Bonchev–Trinajstić information content (AvgIpc) is 3.28. The van der Waals surface area contributed by atoms with Gasteiger partial charge < -0.3 is 19.1 Å². The summed E-state index contributed by atoms with van der Waals surface area (Å²) in [5.41, 5.74) is 0.115. The highest BCUT2D eigenvalue weighted by molar-refractivity contribution is 5.93. The van der Waals surface area contributed by atoms with Gasteiger partial charge in [-0.1, -0.05) is 38.1 Å². The van der Waals surface area contributed by atoms with E-state index in [2.05, 4.69) is 25.9 Å². The molecule has 1 aromatic rings. The van der Waals surface area contributed by atoms with E-state index in [9.17, 15) is 9.59 Å². The van der Waals surface area contributed by atoms with Crippen LogP contribution in [-0.4, -0.2) is 58.6 Å². The maximum absolute atomic E-state index is 13.2. The topological polar surface area (TPSA) is 75.9 Å². The Morgan fingerprint density at radius 3 is 2.81 bits per heavy atom. The van der Waals surface area contributed by atoms with Gasteiger partial charge in [0.15, 0.2) is 5.76 Å². The zero-order chi connectivity index (χ0) is 19.6. The molecule has 0 saturated carbocycles. The average molecular weight is 373 g/mol. The molecule has 2 saturated heterocycles. The smallest absolute Gasteiger partial charge is 0.230 e. The number of hydrogen-bond acceptors (Lipinski definition) is 5. The van der Waals surface area contributed by atoms with Gasteiger partial charge in [-0.05, 0) is 12.3 Å². The van der Waals surface area contributed by atoms with Crippen LogP contribution in [-0.2, 0) is 20.9 Å². The van der Waals surface area contributed by atoms with Crippen LogP contribution in [0.1, 0.15) is 32.2 Å². The summed E-state index contributed by atoms with van der Waals surface area (Å²) in [6.45, 7) is 9.66. The minimum absolute atomic E-state index is 0.00684. The minimum atomic E-state index is -0.656. The van der Waals surface area contributed by atoms with Crippen molar-refractivity contribution in [1.82, 2.24) is 15.0 Å². The molecule has 7 heteroatoms. The number of carbonyl (C=O) groups excluding carboxylic acids is 2. The van der Waals surface area contributed by atoms with Crippen LogP contribution in [0, 0.1) is 24.2 Å². The highest BCUT2D eigenvalue weighted by Gasteiger charge is 2.67. The molecule has 146 valence electrons. The summed E-state index contributed by atoms with van der Waals surface area (Å²) < 4.78 is 11.4. The maximum Gasteiger partial charge on any atom is 0.230 e. The summed E-state index contributed by atoms with van der Waals surface area (Å²) in [5.74, 6) is -0.359. The molecule has 2 fully saturated rings. The molecule has 4 atom stereocenters. The van der Waals surface area contributed by atoms with Gasteiger partial charge in [-0.15, -0.1) is 0 Å². The highest BCUT2D eigenvalue weighted by atomic mass is 16.5. The monoisotopic (exact) mass is 373 g/mol. The van der Waals surface area contributed by atoms with Gasteiger partial charge in [-0.3, -0.25) is 9.59 Å². The second-order valence-electron chi connectivity index (χ2n) is 9.28. The number of rotatable bonds is 4. The first kappa shape index (κ1) is 18.2. The number of amides is 2. The Hall–Kier alpha value is -2.15. The Bertz CT molecular complexity index is 808. The van der Waals surface area contributed by atoms with E-state index < -0.39 is 17.4 Å². The Kier molecular flexibility index (Phi) is 4.00. The molecule has 2 bridgehead atoms. The largest absolute Gasteiger partial charge is 0.360 e. The Morgan fingerprint density at radius 1 is 1.44 bits per heavy atom. The zero-order valence-electron chi connectivity index (χ0n) is 16.6. The second-order valence-corrected chi connectivity index (χ2v) is 9.28. The number of likely N-dealkylation sites (tertiary alicyclic amines) is 1. The number of carbonyl (C=O) groups is 2. The van der Waals surface area contributed by atoms with E-state index in [4.69, 9.17) is 9.26 Å². The number of nitrogens with zero attached hydrogens (tertiary/aromatic N) is 3. The molecule has 0 radical (unpaired) electrons. The molecule has 0 aliphatic carbocycles. The van der Waals surface area contributed by atoms with E-state index >= 15 is 0 Å². The third-order valence-electron chi connectivity index (χ3n) is 5.58. The van der Waals surface area contributed by atoms with Gasteiger partial charge in [0.2, 0.25) is 11.8 Å². The van der Waals surface area contributed by atoms with Gasteiger partial charge in [-0.25, -0.2) is 0 Å². The first-order chi connectivity index (χ1) is 12.6. The van der Waals surface area contributed by atoms with Gasteiger partial charge in [-0.2, -0.15) is 0 Å². The van der Waals surface area contributed by atoms with Crippen LogP contribution in [0.3, 0.4) is 0 Å². The van der Waals surface area contributed by atoms with Crippen molar-refractivity contribution in [2.24, 2.45) is 17.3 Å². The summed E-state index contributed by atoms with van der Waals surface area (Å²) >= 11 is 0. The zero-order valence-corrected chi connectivity index (χ0v) is 16.6. The van der Waals surface area contributed by atoms with E-state index in [0.29, 0.717) is 25.4 Å². The van der Waals surface area contributed by atoms with Crippen LogP contribution in [0.2, 0.25) is 0 Å². The van der Waals surface area contributed by atoms with Gasteiger partial charge in [0.25, 0.3) is 0 Å². The lowest BCUT2D eigenvalue weighted by atomic mass is 9.76. The molecule has 2 amide bonds. The van der Waals surface area contributed by atoms with Crippen LogP contribution in [0.4, 0.5) is 0 Å². The maximum atomic E-state index is 13.2. The van der Waals surface area contributed by atoms with E-state index in [1.807, 2.05) is 30.0 Å². The van der Waals surface area contributed by atoms with Crippen LogP contribution in [0.15, 0.2) is 22.7 Å². The van der Waals surface area contributed by atoms with Gasteiger partial charge in [0.1, 0.15) is 5.60 Å². The molecule has 1 spiro atoms. The molecular weight excluding hydrogens is 346 g/mol. The first-order valence-corrected chi connectivity index (χ1v) is 9.43. The molecule has 4 heterocycles. The Balaban J connectivity index is 1.54. The molecule has 3 aliphatic heterocycles. The van der Waals surface area contributed by atoms with E-state index in [1.165, 1.54) is 0 Å². The summed E-state index contributed by atoms with van der Waals surface area (Å²) in [7, 11) is 1.73. The molecule has 3 aliphatic rings. The van der Waals surface area contributed by atoms with E-state index in [0.717, 1.165) is 5.69 Å². The summed E-state index contributed by atoms with van der Waals surface area (Å²) in [6, 6.07) is 1.81. The molecule has 0 unspecified atom stereocenters. The molecular formula is C20H27N3O4. The van der Waals surface area contributed by atoms with Crippen molar-refractivity contribution in [1.29, 1.82) is 0 Å². The highest BCUT2D eigenvalue weighted by Crippen LogP contribution is 2.52. The fraction of sp³-hybridized carbons (Fsp3) is 0.650. The molecule has 0 N–H and O–H groups in total. The standard InChI is InChI=1S/C20H27N3O4/c1-12-8-13(27-21-12)9-22(5)17(24)15-14-6-7-20(26-14)11-23(10-19(2,3)4)18(25)16(15)20/h6-8,14-16H,9-11H2,1-5H3/t14-,15-,16+,20-/m0/s1. The fourth-order valence-corrected chi connectivity index (χ4v) is 4.62. The molecule has 0 aromatic carbocycles. The summed E-state index contributed by atoms with van der Waals surface area (Å²) in [4.78, 5) is 29.8. The second kappa shape index (κ2) is 5.92.